The molecule has 1 atom stereocenters. The van der Waals surface area contributed by atoms with Gasteiger partial charge >= 0.3 is 0 Å². The Labute approximate surface area is 142 Å². The van der Waals surface area contributed by atoms with Crippen molar-refractivity contribution in [3.8, 4) is 0 Å². The van der Waals surface area contributed by atoms with Crippen LogP contribution < -0.4 is 5.32 Å². The first-order chi connectivity index (χ1) is 10.8. The van der Waals surface area contributed by atoms with Crippen LogP contribution in [0, 0.1) is 0 Å². The highest BCUT2D eigenvalue weighted by Gasteiger charge is 2.25. The smallest absolute Gasteiger partial charge is 0.0594 e. The summed E-state index contributed by atoms with van der Waals surface area (Å²) in [7, 11) is 0. The standard InChI is InChI=1S/C17H25ClN2OS/c18-16-4-2-1-3-15(16)17(20-7-9-21-10-8-20)13-19-14-5-11-22-12-6-14/h1-4,14,17,19H,5-13H2. The summed E-state index contributed by atoms with van der Waals surface area (Å²) in [6, 6.07) is 9.27. The molecule has 0 bridgehead atoms. The van der Waals surface area contributed by atoms with Crippen molar-refractivity contribution in [2.45, 2.75) is 24.9 Å². The van der Waals surface area contributed by atoms with Gasteiger partial charge in [0.05, 0.1) is 13.2 Å². The van der Waals surface area contributed by atoms with Crippen LogP contribution in [0.2, 0.25) is 5.02 Å². The van der Waals surface area contributed by atoms with E-state index in [9.17, 15) is 0 Å². The Kier molecular flexibility index (Phi) is 6.45. The minimum Gasteiger partial charge on any atom is -0.379 e. The number of nitrogens with one attached hydrogen (secondary N) is 1. The number of thioether (sulfide) groups is 1. The average Bonchev–Trinajstić information content (AvgIpc) is 2.58. The lowest BCUT2D eigenvalue weighted by molar-refractivity contribution is 0.0156. The summed E-state index contributed by atoms with van der Waals surface area (Å²) in [5.41, 5.74) is 1.24. The molecule has 0 aromatic heterocycles. The van der Waals surface area contributed by atoms with Crippen molar-refractivity contribution in [3.63, 3.8) is 0 Å². The minimum atomic E-state index is 0.340. The van der Waals surface area contributed by atoms with Gasteiger partial charge in [0.15, 0.2) is 0 Å². The van der Waals surface area contributed by atoms with E-state index in [4.69, 9.17) is 16.3 Å². The molecule has 22 heavy (non-hydrogen) atoms. The molecule has 122 valence electrons. The molecule has 5 heteroatoms. The van der Waals surface area contributed by atoms with Crippen LogP contribution in [-0.4, -0.2) is 55.3 Å². The van der Waals surface area contributed by atoms with Crippen molar-refractivity contribution in [3.05, 3.63) is 34.9 Å². The van der Waals surface area contributed by atoms with Gasteiger partial charge in [-0.05, 0) is 36.0 Å². The first-order valence-corrected chi connectivity index (χ1v) is 9.75. The van der Waals surface area contributed by atoms with E-state index in [1.165, 1.54) is 29.9 Å². The predicted molar refractivity (Wildman–Crippen MR) is 94.9 cm³/mol. The van der Waals surface area contributed by atoms with Gasteiger partial charge in [0.2, 0.25) is 0 Å². The summed E-state index contributed by atoms with van der Waals surface area (Å²) in [6.07, 6.45) is 2.56. The summed E-state index contributed by atoms with van der Waals surface area (Å²) < 4.78 is 5.51. The third-order valence-electron chi connectivity index (χ3n) is 4.57. The number of halogens is 1. The Morgan fingerprint density at radius 1 is 1.23 bits per heavy atom. The van der Waals surface area contributed by atoms with Crippen LogP contribution in [0.4, 0.5) is 0 Å². The fourth-order valence-corrected chi connectivity index (χ4v) is 4.62. The quantitative estimate of drug-likeness (QED) is 0.889. The number of morpholine rings is 1. The lowest BCUT2D eigenvalue weighted by Crippen LogP contribution is -2.45. The van der Waals surface area contributed by atoms with E-state index in [0.717, 1.165) is 37.9 Å². The third-order valence-corrected chi connectivity index (χ3v) is 5.96. The van der Waals surface area contributed by atoms with Gasteiger partial charge in [-0.15, -0.1) is 0 Å². The van der Waals surface area contributed by atoms with Crippen molar-refractivity contribution in [2.24, 2.45) is 0 Å². The van der Waals surface area contributed by atoms with E-state index in [1.807, 2.05) is 12.1 Å². The number of benzene rings is 1. The molecule has 2 fully saturated rings. The summed E-state index contributed by atoms with van der Waals surface area (Å²) in [5, 5.41) is 4.67. The van der Waals surface area contributed by atoms with Crippen LogP contribution in [0.5, 0.6) is 0 Å². The molecule has 1 N–H and O–H groups in total. The maximum atomic E-state index is 6.47. The summed E-state index contributed by atoms with van der Waals surface area (Å²) in [4.78, 5) is 2.51. The van der Waals surface area contributed by atoms with Gasteiger partial charge < -0.3 is 10.1 Å². The molecule has 0 radical (unpaired) electrons. The van der Waals surface area contributed by atoms with Crippen molar-refractivity contribution in [1.29, 1.82) is 0 Å². The number of ether oxygens (including phenoxy) is 1. The molecular formula is C17H25ClN2OS. The molecule has 0 amide bonds. The van der Waals surface area contributed by atoms with Crippen LogP contribution in [0.15, 0.2) is 24.3 Å². The maximum absolute atomic E-state index is 6.47. The van der Waals surface area contributed by atoms with E-state index in [2.05, 4.69) is 34.1 Å². The summed E-state index contributed by atoms with van der Waals surface area (Å²) in [5.74, 6) is 2.57. The number of hydrogen-bond acceptors (Lipinski definition) is 4. The largest absolute Gasteiger partial charge is 0.379 e. The number of nitrogens with zero attached hydrogens (tertiary/aromatic N) is 1. The van der Waals surface area contributed by atoms with Crippen molar-refractivity contribution >= 4 is 23.4 Å². The summed E-state index contributed by atoms with van der Waals surface area (Å²) >= 11 is 8.54. The van der Waals surface area contributed by atoms with E-state index >= 15 is 0 Å². The first-order valence-electron chi connectivity index (χ1n) is 8.22. The Bertz CT molecular complexity index is 462. The van der Waals surface area contributed by atoms with Crippen LogP contribution in [-0.2, 0) is 4.74 Å². The van der Waals surface area contributed by atoms with Crippen LogP contribution >= 0.6 is 23.4 Å². The minimum absolute atomic E-state index is 0.340. The summed E-state index contributed by atoms with van der Waals surface area (Å²) in [6.45, 7) is 4.58. The Hall–Kier alpha value is -0.260. The van der Waals surface area contributed by atoms with E-state index in [0.29, 0.717) is 12.1 Å². The zero-order valence-electron chi connectivity index (χ0n) is 13.0. The fraction of sp³-hybridized carbons (Fsp3) is 0.647. The highest BCUT2D eigenvalue weighted by atomic mass is 35.5. The van der Waals surface area contributed by atoms with Gasteiger partial charge in [-0.2, -0.15) is 11.8 Å². The van der Waals surface area contributed by atoms with E-state index < -0.39 is 0 Å². The SMILES string of the molecule is Clc1ccccc1C(CNC1CCSCC1)N1CCOCC1. The predicted octanol–water partition coefficient (Wildman–Crippen LogP) is 3.20. The highest BCUT2D eigenvalue weighted by Crippen LogP contribution is 2.28. The fourth-order valence-electron chi connectivity index (χ4n) is 3.25. The second kappa shape index (κ2) is 8.55. The van der Waals surface area contributed by atoms with Gasteiger partial charge in [0.25, 0.3) is 0 Å². The number of hydrogen-bond donors (Lipinski definition) is 1. The first kappa shape index (κ1) is 16.6. The topological polar surface area (TPSA) is 24.5 Å². The van der Waals surface area contributed by atoms with Gasteiger partial charge in [-0.3, -0.25) is 4.90 Å². The maximum Gasteiger partial charge on any atom is 0.0594 e. The molecule has 2 saturated heterocycles. The lowest BCUT2D eigenvalue weighted by Gasteiger charge is -2.36. The van der Waals surface area contributed by atoms with Crippen LogP contribution in [0.3, 0.4) is 0 Å². The molecule has 0 saturated carbocycles. The second-order valence-electron chi connectivity index (χ2n) is 5.98. The van der Waals surface area contributed by atoms with Crippen molar-refractivity contribution in [2.75, 3.05) is 44.4 Å². The van der Waals surface area contributed by atoms with Gasteiger partial charge in [-0.25, -0.2) is 0 Å². The highest BCUT2D eigenvalue weighted by molar-refractivity contribution is 7.99. The van der Waals surface area contributed by atoms with Crippen molar-refractivity contribution < 1.29 is 4.74 Å². The number of rotatable bonds is 5. The molecule has 2 aliphatic rings. The molecule has 0 aliphatic carbocycles. The van der Waals surface area contributed by atoms with Gasteiger partial charge in [0, 0.05) is 36.7 Å². The lowest BCUT2D eigenvalue weighted by atomic mass is 10.0. The molecule has 2 heterocycles. The van der Waals surface area contributed by atoms with Crippen molar-refractivity contribution in [1.82, 2.24) is 10.2 Å². The van der Waals surface area contributed by atoms with Gasteiger partial charge in [-0.1, -0.05) is 29.8 Å². The van der Waals surface area contributed by atoms with Crippen LogP contribution in [0.1, 0.15) is 24.4 Å². The Morgan fingerprint density at radius 2 is 1.95 bits per heavy atom. The van der Waals surface area contributed by atoms with Gasteiger partial charge in [0.1, 0.15) is 0 Å². The monoisotopic (exact) mass is 340 g/mol. The van der Waals surface area contributed by atoms with Crippen LogP contribution in [0.25, 0.3) is 0 Å². The molecule has 1 aromatic rings. The van der Waals surface area contributed by atoms with E-state index in [-0.39, 0.29) is 0 Å². The molecule has 3 rings (SSSR count). The zero-order valence-corrected chi connectivity index (χ0v) is 14.5. The van der Waals surface area contributed by atoms with E-state index in [1.54, 1.807) is 0 Å². The second-order valence-corrected chi connectivity index (χ2v) is 7.61. The molecule has 3 nitrogen and oxygen atoms in total. The zero-order chi connectivity index (χ0) is 15.2. The molecule has 0 spiro atoms. The molecule has 2 aliphatic heterocycles. The molecule has 1 unspecified atom stereocenters. The third kappa shape index (κ3) is 4.39. The average molecular weight is 341 g/mol. The molecule has 1 aromatic carbocycles. The Morgan fingerprint density at radius 3 is 2.68 bits per heavy atom. The molecular weight excluding hydrogens is 316 g/mol. The normalized spacial score (nSPS) is 22.6. The Balaban J connectivity index is 1.69.